The van der Waals surface area contributed by atoms with Gasteiger partial charge in [-0.2, -0.15) is 0 Å². The quantitative estimate of drug-likeness (QED) is 0.641. The maximum atomic E-state index is 12.2. The van der Waals surface area contributed by atoms with Gasteiger partial charge in [0.25, 0.3) is 5.56 Å². The Labute approximate surface area is 159 Å². The summed E-state index contributed by atoms with van der Waals surface area (Å²) in [6.45, 7) is 0.783. The monoisotopic (exact) mass is 386 g/mol. The Morgan fingerprint density at radius 1 is 1.22 bits per heavy atom. The summed E-state index contributed by atoms with van der Waals surface area (Å²) in [6.07, 6.45) is 1.65. The van der Waals surface area contributed by atoms with Crippen LogP contribution in [0.25, 0.3) is 5.65 Å². The van der Waals surface area contributed by atoms with E-state index < -0.39 is 5.97 Å². The Morgan fingerprint density at radius 3 is 2.96 bits per heavy atom. The topological polar surface area (TPSA) is 79.1 Å². The summed E-state index contributed by atoms with van der Waals surface area (Å²) in [5.74, 6) is 0.541. The minimum Gasteiger partial charge on any atom is -0.486 e. The molecule has 0 saturated carbocycles. The van der Waals surface area contributed by atoms with Gasteiger partial charge in [-0.3, -0.25) is 14.0 Å². The van der Waals surface area contributed by atoms with Gasteiger partial charge in [-0.15, -0.1) is 0 Å². The highest BCUT2D eigenvalue weighted by Gasteiger charge is 2.18. The standard InChI is InChI=1S/C19H15ClN2O5/c20-14-7-12(8-15-19(14)26-6-5-25-15)9-18(24)27-11-13-10-17(23)22-4-2-1-3-16(22)21-13/h1-4,7-8,10H,5-6,9,11H2. The van der Waals surface area contributed by atoms with Gasteiger partial charge in [0, 0.05) is 12.3 Å². The SMILES string of the molecule is O=C(Cc1cc(Cl)c2c(c1)OCCO2)OCc1cc(=O)n2ccccc2n1. The molecule has 0 aliphatic carbocycles. The summed E-state index contributed by atoms with van der Waals surface area (Å²) >= 11 is 6.17. The summed E-state index contributed by atoms with van der Waals surface area (Å²) in [6, 6.07) is 9.95. The molecule has 4 rings (SSSR count). The van der Waals surface area contributed by atoms with E-state index in [1.165, 1.54) is 10.5 Å². The highest BCUT2D eigenvalue weighted by molar-refractivity contribution is 6.32. The maximum Gasteiger partial charge on any atom is 0.310 e. The maximum absolute atomic E-state index is 12.2. The number of carbonyl (C=O) groups is 1. The number of pyridine rings is 1. The smallest absolute Gasteiger partial charge is 0.310 e. The van der Waals surface area contributed by atoms with Gasteiger partial charge in [-0.05, 0) is 29.8 Å². The van der Waals surface area contributed by atoms with Crippen LogP contribution in [0.1, 0.15) is 11.3 Å². The Balaban J connectivity index is 1.44. The van der Waals surface area contributed by atoms with Crippen LogP contribution >= 0.6 is 11.6 Å². The van der Waals surface area contributed by atoms with Gasteiger partial charge < -0.3 is 14.2 Å². The molecular weight excluding hydrogens is 372 g/mol. The zero-order valence-electron chi connectivity index (χ0n) is 14.2. The normalized spacial score (nSPS) is 12.8. The van der Waals surface area contributed by atoms with E-state index in [2.05, 4.69) is 4.98 Å². The van der Waals surface area contributed by atoms with Crippen LogP contribution in [-0.2, 0) is 22.6 Å². The Bertz CT molecular complexity index is 1080. The molecule has 0 spiro atoms. The molecule has 3 aromatic rings. The van der Waals surface area contributed by atoms with Crippen molar-refractivity contribution < 1.29 is 19.0 Å². The fourth-order valence-electron chi connectivity index (χ4n) is 2.82. The van der Waals surface area contributed by atoms with Crippen LogP contribution in [-0.4, -0.2) is 28.6 Å². The number of rotatable bonds is 4. The van der Waals surface area contributed by atoms with Crippen molar-refractivity contribution in [3.8, 4) is 11.5 Å². The second-order valence-electron chi connectivity index (χ2n) is 5.95. The molecule has 0 N–H and O–H groups in total. The first-order valence-electron chi connectivity index (χ1n) is 8.31. The number of nitrogens with zero attached hydrogens (tertiary/aromatic N) is 2. The molecule has 2 aromatic heterocycles. The zero-order chi connectivity index (χ0) is 18.8. The molecule has 1 aromatic carbocycles. The van der Waals surface area contributed by atoms with Crippen LogP contribution in [0.5, 0.6) is 11.5 Å². The first-order valence-corrected chi connectivity index (χ1v) is 8.69. The molecule has 0 radical (unpaired) electrons. The van der Waals surface area contributed by atoms with E-state index in [-0.39, 0.29) is 18.6 Å². The number of esters is 1. The van der Waals surface area contributed by atoms with Crippen LogP contribution in [0.2, 0.25) is 5.02 Å². The van der Waals surface area contributed by atoms with Crippen LogP contribution in [0, 0.1) is 0 Å². The highest BCUT2D eigenvalue weighted by Crippen LogP contribution is 2.38. The summed E-state index contributed by atoms with van der Waals surface area (Å²) in [7, 11) is 0. The van der Waals surface area contributed by atoms with Gasteiger partial charge in [-0.1, -0.05) is 17.7 Å². The van der Waals surface area contributed by atoms with Crippen LogP contribution in [0.15, 0.2) is 47.4 Å². The van der Waals surface area contributed by atoms with Gasteiger partial charge in [-0.25, -0.2) is 4.98 Å². The molecule has 0 bridgehead atoms. The highest BCUT2D eigenvalue weighted by atomic mass is 35.5. The van der Waals surface area contributed by atoms with Gasteiger partial charge in [0.05, 0.1) is 17.1 Å². The lowest BCUT2D eigenvalue weighted by Crippen LogP contribution is -2.17. The van der Waals surface area contributed by atoms with Crippen molar-refractivity contribution >= 4 is 23.2 Å². The first-order chi connectivity index (χ1) is 13.1. The van der Waals surface area contributed by atoms with Gasteiger partial charge in [0.1, 0.15) is 25.5 Å². The van der Waals surface area contributed by atoms with E-state index in [4.69, 9.17) is 25.8 Å². The lowest BCUT2D eigenvalue weighted by molar-refractivity contribution is -0.144. The van der Waals surface area contributed by atoms with Crippen molar-refractivity contribution in [3.63, 3.8) is 0 Å². The van der Waals surface area contributed by atoms with Gasteiger partial charge in [0.2, 0.25) is 0 Å². The fourth-order valence-corrected chi connectivity index (χ4v) is 3.10. The molecule has 0 saturated heterocycles. The lowest BCUT2D eigenvalue weighted by atomic mass is 10.1. The van der Waals surface area contributed by atoms with Crippen molar-refractivity contribution in [1.82, 2.24) is 9.38 Å². The van der Waals surface area contributed by atoms with Crippen molar-refractivity contribution in [3.05, 3.63) is 69.2 Å². The molecule has 1 aliphatic heterocycles. The molecule has 0 unspecified atom stereocenters. The molecule has 1 aliphatic rings. The van der Waals surface area contributed by atoms with Crippen molar-refractivity contribution in [2.24, 2.45) is 0 Å². The van der Waals surface area contributed by atoms with Crippen LogP contribution < -0.4 is 15.0 Å². The van der Waals surface area contributed by atoms with Crippen molar-refractivity contribution in [2.75, 3.05) is 13.2 Å². The van der Waals surface area contributed by atoms with Crippen LogP contribution in [0.3, 0.4) is 0 Å². The second kappa shape index (κ2) is 7.28. The minimum atomic E-state index is -0.460. The molecular formula is C19H15ClN2O5. The van der Waals surface area contributed by atoms with E-state index in [1.807, 2.05) is 0 Å². The van der Waals surface area contributed by atoms with E-state index in [9.17, 15) is 9.59 Å². The summed E-state index contributed by atoms with van der Waals surface area (Å²) in [5, 5.41) is 0.388. The fraction of sp³-hybridized carbons (Fsp3) is 0.211. The number of carbonyl (C=O) groups excluding carboxylic acids is 1. The van der Waals surface area contributed by atoms with E-state index in [0.717, 1.165) is 0 Å². The predicted molar refractivity (Wildman–Crippen MR) is 97.4 cm³/mol. The number of benzene rings is 1. The third kappa shape index (κ3) is 3.73. The summed E-state index contributed by atoms with van der Waals surface area (Å²) in [4.78, 5) is 28.5. The average Bonchev–Trinajstić information content (AvgIpc) is 2.66. The van der Waals surface area contributed by atoms with Gasteiger partial charge >= 0.3 is 5.97 Å². The molecule has 8 heteroatoms. The Kier molecular flexibility index (Phi) is 4.68. The Morgan fingerprint density at radius 2 is 2.07 bits per heavy atom. The number of hydrogen-bond acceptors (Lipinski definition) is 6. The second-order valence-corrected chi connectivity index (χ2v) is 6.36. The summed E-state index contributed by atoms with van der Waals surface area (Å²) < 4.78 is 17.6. The van der Waals surface area contributed by atoms with E-state index in [0.29, 0.717) is 46.6 Å². The van der Waals surface area contributed by atoms with Gasteiger partial charge in [0.15, 0.2) is 11.5 Å². The van der Waals surface area contributed by atoms with Crippen molar-refractivity contribution in [1.29, 1.82) is 0 Å². The van der Waals surface area contributed by atoms with Crippen molar-refractivity contribution in [2.45, 2.75) is 13.0 Å². The molecule has 0 atom stereocenters. The van der Waals surface area contributed by atoms with Crippen LogP contribution in [0.4, 0.5) is 0 Å². The molecule has 3 heterocycles. The lowest BCUT2D eigenvalue weighted by Gasteiger charge is -2.20. The predicted octanol–water partition coefficient (Wildman–Crippen LogP) is 2.41. The zero-order valence-corrected chi connectivity index (χ0v) is 14.9. The third-order valence-corrected chi connectivity index (χ3v) is 4.29. The molecule has 138 valence electrons. The third-order valence-electron chi connectivity index (χ3n) is 4.01. The van der Waals surface area contributed by atoms with E-state index in [1.54, 1.807) is 36.5 Å². The number of ether oxygens (including phenoxy) is 3. The summed E-state index contributed by atoms with van der Waals surface area (Å²) in [5.41, 5.74) is 1.31. The first kappa shape index (κ1) is 17.4. The minimum absolute atomic E-state index is 0.0168. The number of halogens is 1. The molecule has 27 heavy (non-hydrogen) atoms. The Hall–Kier alpha value is -3.06. The number of hydrogen-bond donors (Lipinski definition) is 0. The largest absolute Gasteiger partial charge is 0.486 e. The number of aromatic nitrogens is 2. The average molecular weight is 387 g/mol. The number of fused-ring (bicyclic) bond motifs is 2. The molecule has 0 fully saturated rings. The molecule has 0 amide bonds. The van der Waals surface area contributed by atoms with E-state index >= 15 is 0 Å². The molecule has 7 nitrogen and oxygen atoms in total.